The number of halogens is 3. The van der Waals surface area contributed by atoms with Crippen LogP contribution in [0.25, 0.3) is 11.3 Å². The fourth-order valence-corrected chi connectivity index (χ4v) is 3.25. The number of benzene rings is 1. The Bertz CT molecular complexity index is 839. The van der Waals surface area contributed by atoms with Crippen LogP contribution in [-0.4, -0.2) is 24.9 Å². The zero-order valence-corrected chi connectivity index (χ0v) is 15.1. The van der Waals surface area contributed by atoms with Gasteiger partial charge in [-0.2, -0.15) is 13.2 Å². The van der Waals surface area contributed by atoms with Crippen LogP contribution in [-0.2, 0) is 11.0 Å². The van der Waals surface area contributed by atoms with Crippen molar-refractivity contribution in [3.8, 4) is 11.3 Å². The van der Waals surface area contributed by atoms with E-state index in [0.29, 0.717) is 6.54 Å². The molecule has 1 aromatic heterocycles. The number of hydrogen-bond acceptors (Lipinski definition) is 3. The summed E-state index contributed by atoms with van der Waals surface area (Å²) in [5.41, 5.74) is -0.553. The summed E-state index contributed by atoms with van der Waals surface area (Å²) in [6.45, 7) is 0.541. The zero-order chi connectivity index (χ0) is 20.1. The summed E-state index contributed by atoms with van der Waals surface area (Å²) in [6.07, 6.45) is -0.499. The Morgan fingerprint density at radius 3 is 2.46 bits per heavy atom. The van der Waals surface area contributed by atoms with E-state index in [9.17, 15) is 22.8 Å². The first-order valence-corrected chi connectivity index (χ1v) is 9.18. The molecule has 0 radical (unpaired) electrons. The molecule has 0 unspecified atom stereocenters. The standard InChI is InChI=1S/C20H21F3N2O3/c21-20(22,23)15-7-3-6-14(12-15)16-8-9-17(28-16)19(27)25-11-10-24-18(26)13-4-1-2-5-13/h3,6-9,12-13H,1-2,4-5,10-11H2,(H,24,26)(H,25,27). The van der Waals surface area contributed by atoms with Crippen molar-refractivity contribution in [1.29, 1.82) is 0 Å². The monoisotopic (exact) mass is 394 g/mol. The van der Waals surface area contributed by atoms with Gasteiger partial charge in [-0.25, -0.2) is 0 Å². The summed E-state index contributed by atoms with van der Waals surface area (Å²) < 4.78 is 43.9. The second kappa shape index (κ2) is 8.50. The Balaban J connectivity index is 1.52. The van der Waals surface area contributed by atoms with E-state index in [1.165, 1.54) is 24.3 Å². The van der Waals surface area contributed by atoms with Crippen LogP contribution in [0.15, 0.2) is 40.8 Å². The summed E-state index contributed by atoms with van der Waals surface area (Å²) in [7, 11) is 0. The molecular formula is C20H21F3N2O3. The average Bonchev–Trinajstić information content (AvgIpc) is 3.36. The molecule has 1 aliphatic rings. The summed E-state index contributed by atoms with van der Waals surface area (Å²) in [6, 6.07) is 7.56. The van der Waals surface area contributed by atoms with Gasteiger partial charge in [-0.05, 0) is 37.1 Å². The first-order valence-electron chi connectivity index (χ1n) is 9.18. The summed E-state index contributed by atoms with van der Waals surface area (Å²) in [4.78, 5) is 24.0. The molecule has 1 fully saturated rings. The van der Waals surface area contributed by atoms with Crippen molar-refractivity contribution in [2.45, 2.75) is 31.9 Å². The van der Waals surface area contributed by atoms with Gasteiger partial charge < -0.3 is 15.1 Å². The van der Waals surface area contributed by atoms with E-state index < -0.39 is 17.6 Å². The molecule has 0 saturated heterocycles. The molecule has 28 heavy (non-hydrogen) atoms. The SMILES string of the molecule is O=C(NCCNC(=O)C1CCCC1)c1ccc(-c2cccc(C(F)(F)F)c2)o1. The molecular weight excluding hydrogens is 373 g/mol. The number of furan rings is 1. The maximum Gasteiger partial charge on any atom is 0.416 e. The second-order valence-corrected chi connectivity index (χ2v) is 6.77. The highest BCUT2D eigenvalue weighted by molar-refractivity contribution is 5.92. The maximum absolute atomic E-state index is 12.8. The van der Waals surface area contributed by atoms with Crippen LogP contribution in [0.2, 0.25) is 0 Å². The molecule has 1 heterocycles. The lowest BCUT2D eigenvalue weighted by Crippen LogP contribution is -2.36. The Morgan fingerprint density at radius 2 is 1.75 bits per heavy atom. The Morgan fingerprint density at radius 1 is 1.04 bits per heavy atom. The molecule has 0 atom stereocenters. The topological polar surface area (TPSA) is 71.3 Å². The molecule has 2 aromatic rings. The van der Waals surface area contributed by atoms with E-state index in [0.717, 1.165) is 37.8 Å². The first kappa shape index (κ1) is 20.0. The molecule has 150 valence electrons. The van der Waals surface area contributed by atoms with E-state index in [2.05, 4.69) is 10.6 Å². The van der Waals surface area contributed by atoms with Crippen LogP contribution in [0.5, 0.6) is 0 Å². The van der Waals surface area contributed by atoms with Crippen LogP contribution in [0.3, 0.4) is 0 Å². The van der Waals surface area contributed by atoms with E-state index in [-0.39, 0.29) is 35.5 Å². The summed E-state index contributed by atoms with van der Waals surface area (Å²) in [5.74, 6) is -0.249. The molecule has 2 amide bonds. The molecule has 0 aliphatic heterocycles. The van der Waals surface area contributed by atoms with Gasteiger partial charge in [0.1, 0.15) is 5.76 Å². The molecule has 0 bridgehead atoms. The lowest BCUT2D eigenvalue weighted by Gasteiger charge is -2.10. The lowest BCUT2D eigenvalue weighted by atomic mass is 10.1. The first-order chi connectivity index (χ1) is 13.3. The third-order valence-corrected chi connectivity index (χ3v) is 4.74. The zero-order valence-electron chi connectivity index (χ0n) is 15.1. The number of hydrogen-bond donors (Lipinski definition) is 2. The lowest BCUT2D eigenvalue weighted by molar-refractivity contribution is -0.137. The summed E-state index contributed by atoms with van der Waals surface area (Å²) in [5, 5.41) is 5.41. The number of nitrogens with one attached hydrogen (secondary N) is 2. The van der Waals surface area contributed by atoms with Gasteiger partial charge in [-0.15, -0.1) is 0 Å². The van der Waals surface area contributed by atoms with Crippen molar-refractivity contribution < 1.29 is 27.2 Å². The Hall–Kier alpha value is -2.77. The molecule has 1 aliphatic carbocycles. The van der Waals surface area contributed by atoms with E-state index in [1.54, 1.807) is 0 Å². The normalized spacial score (nSPS) is 14.8. The largest absolute Gasteiger partial charge is 0.451 e. The van der Waals surface area contributed by atoms with Crippen LogP contribution < -0.4 is 10.6 Å². The van der Waals surface area contributed by atoms with E-state index in [1.807, 2.05) is 0 Å². The highest BCUT2D eigenvalue weighted by atomic mass is 19.4. The average molecular weight is 394 g/mol. The van der Waals surface area contributed by atoms with Crippen molar-refractivity contribution in [1.82, 2.24) is 10.6 Å². The van der Waals surface area contributed by atoms with Gasteiger partial charge in [0.25, 0.3) is 5.91 Å². The third kappa shape index (κ3) is 4.94. The minimum Gasteiger partial charge on any atom is -0.451 e. The van der Waals surface area contributed by atoms with Gasteiger partial charge in [0, 0.05) is 24.6 Å². The Kier molecular flexibility index (Phi) is 6.06. The van der Waals surface area contributed by atoms with Gasteiger partial charge in [0.05, 0.1) is 5.56 Å². The van der Waals surface area contributed by atoms with E-state index >= 15 is 0 Å². The van der Waals surface area contributed by atoms with E-state index in [4.69, 9.17) is 4.42 Å². The molecule has 8 heteroatoms. The molecule has 1 saturated carbocycles. The van der Waals surface area contributed by atoms with Crippen molar-refractivity contribution >= 4 is 11.8 Å². The van der Waals surface area contributed by atoms with Crippen molar-refractivity contribution in [3.05, 3.63) is 47.7 Å². The number of carbonyl (C=O) groups is 2. The fraction of sp³-hybridized carbons (Fsp3) is 0.400. The van der Waals surface area contributed by atoms with Crippen LogP contribution in [0.4, 0.5) is 13.2 Å². The highest BCUT2D eigenvalue weighted by Gasteiger charge is 2.30. The molecule has 1 aromatic carbocycles. The number of carbonyl (C=O) groups excluding carboxylic acids is 2. The van der Waals surface area contributed by atoms with Gasteiger partial charge in [0.15, 0.2) is 5.76 Å². The summed E-state index contributed by atoms with van der Waals surface area (Å²) >= 11 is 0. The molecule has 3 rings (SSSR count). The maximum atomic E-state index is 12.8. The van der Waals surface area contributed by atoms with Crippen LogP contribution in [0, 0.1) is 5.92 Å². The van der Waals surface area contributed by atoms with Crippen LogP contribution >= 0.6 is 0 Å². The smallest absolute Gasteiger partial charge is 0.416 e. The van der Waals surface area contributed by atoms with Gasteiger partial charge in [-0.1, -0.05) is 25.0 Å². The van der Waals surface area contributed by atoms with Crippen LogP contribution in [0.1, 0.15) is 41.8 Å². The molecule has 5 nitrogen and oxygen atoms in total. The van der Waals surface area contributed by atoms with Gasteiger partial charge in [0.2, 0.25) is 5.91 Å². The van der Waals surface area contributed by atoms with Gasteiger partial charge >= 0.3 is 6.18 Å². The fourth-order valence-electron chi connectivity index (χ4n) is 3.25. The van der Waals surface area contributed by atoms with Crippen molar-refractivity contribution in [2.24, 2.45) is 5.92 Å². The quantitative estimate of drug-likeness (QED) is 0.728. The predicted molar refractivity (Wildman–Crippen MR) is 96.4 cm³/mol. The van der Waals surface area contributed by atoms with Crippen molar-refractivity contribution in [2.75, 3.05) is 13.1 Å². The number of alkyl halides is 3. The second-order valence-electron chi connectivity index (χ2n) is 6.77. The van der Waals surface area contributed by atoms with Crippen molar-refractivity contribution in [3.63, 3.8) is 0 Å². The highest BCUT2D eigenvalue weighted by Crippen LogP contribution is 2.32. The third-order valence-electron chi connectivity index (χ3n) is 4.74. The molecule has 2 N–H and O–H groups in total. The predicted octanol–water partition coefficient (Wildman–Crippen LogP) is 4.00. The minimum absolute atomic E-state index is 0.00506. The number of rotatable bonds is 6. The van der Waals surface area contributed by atoms with Gasteiger partial charge in [-0.3, -0.25) is 9.59 Å². The Labute approximate surface area is 160 Å². The molecule has 0 spiro atoms. The minimum atomic E-state index is -4.45. The number of amides is 2.